The second kappa shape index (κ2) is 6.38. The first-order valence-electron chi connectivity index (χ1n) is 6.24. The normalized spacial score (nSPS) is 14.2. The number of nitrogens with zero attached hydrogens (tertiary/aromatic N) is 2. The number of nitrogens with one attached hydrogen (secondary N) is 2. The number of hydrazine groups is 1. The molecule has 2 rings (SSSR count). The van der Waals surface area contributed by atoms with Crippen molar-refractivity contribution >= 4 is 29.1 Å². The summed E-state index contributed by atoms with van der Waals surface area (Å²) in [6.07, 6.45) is 2.25. The number of furan rings is 1. The average Bonchev–Trinajstić information content (AvgIpc) is 3.13. The van der Waals surface area contributed by atoms with E-state index in [0.717, 1.165) is 6.42 Å². The van der Waals surface area contributed by atoms with Crippen molar-refractivity contribution in [2.24, 2.45) is 0 Å². The lowest BCUT2D eigenvalue weighted by Gasteiger charge is -2.29. The van der Waals surface area contributed by atoms with Crippen molar-refractivity contribution in [2.45, 2.75) is 6.42 Å². The van der Waals surface area contributed by atoms with Crippen molar-refractivity contribution in [3.05, 3.63) is 24.2 Å². The fourth-order valence-corrected chi connectivity index (χ4v) is 2.14. The molecule has 0 unspecified atom stereocenters. The van der Waals surface area contributed by atoms with E-state index in [-0.39, 0.29) is 18.2 Å². The van der Waals surface area contributed by atoms with E-state index < -0.39 is 5.91 Å². The Morgan fingerprint density at radius 1 is 1.40 bits per heavy atom. The van der Waals surface area contributed by atoms with E-state index in [1.807, 2.05) is 0 Å². The van der Waals surface area contributed by atoms with Crippen molar-refractivity contribution < 1.29 is 14.0 Å². The zero-order valence-electron chi connectivity index (χ0n) is 11.1. The Kier molecular flexibility index (Phi) is 4.57. The molecule has 7 nitrogen and oxygen atoms in total. The van der Waals surface area contributed by atoms with Gasteiger partial charge in [-0.3, -0.25) is 19.6 Å². The molecular weight excluding hydrogens is 280 g/mol. The average molecular weight is 296 g/mol. The molecule has 0 saturated carbocycles. The SMILES string of the molecule is CNC(=S)N1CCCN1C(=O)CNC(=O)c1ccco1. The Morgan fingerprint density at radius 2 is 2.15 bits per heavy atom. The van der Waals surface area contributed by atoms with Gasteiger partial charge < -0.3 is 15.1 Å². The van der Waals surface area contributed by atoms with Crippen LogP contribution in [0.1, 0.15) is 17.0 Å². The Bertz CT molecular complexity index is 503. The van der Waals surface area contributed by atoms with Gasteiger partial charge in [-0.1, -0.05) is 0 Å². The molecule has 0 aliphatic carbocycles. The molecule has 0 aromatic carbocycles. The van der Waals surface area contributed by atoms with Crippen LogP contribution in [0.15, 0.2) is 22.8 Å². The maximum absolute atomic E-state index is 12.1. The van der Waals surface area contributed by atoms with Crippen LogP contribution in [0, 0.1) is 0 Å². The van der Waals surface area contributed by atoms with Crippen LogP contribution >= 0.6 is 12.2 Å². The van der Waals surface area contributed by atoms with Crippen LogP contribution in [0.3, 0.4) is 0 Å². The van der Waals surface area contributed by atoms with Gasteiger partial charge in [0, 0.05) is 20.1 Å². The predicted octanol–water partition coefficient (Wildman–Crippen LogP) is -0.0370. The highest BCUT2D eigenvalue weighted by Crippen LogP contribution is 2.10. The second-order valence-electron chi connectivity index (χ2n) is 4.21. The van der Waals surface area contributed by atoms with Crippen LogP contribution in [-0.4, -0.2) is 53.6 Å². The van der Waals surface area contributed by atoms with E-state index in [1.54, 1.807) is 23.1 Å². The first-order chi connectivity index (χ1) is 9.63. The van der Waals surface area contributed by atoms with Crippen molar-refractivity contribution in [3.8, 4) is 0 Å². The summed E-state index contributed by atoms with van der Waals surface area (Å²) in [5.74, 6) is -0.438. The molecule has 1 saturated heterocycles. The van der Waals surface area contributed by atoms with Crippen molar-refractivity contribution in [2.75, 3.05) is 26.7 Å². The van der Waals surface area contributed by atoms with Crippen molar-refractivity contribution in [3.63, 3.8) is 0 Å². The first kappa shape index (κ1) is 14.3. The molecule has 0 bridgehead atoms. The van der Waals surface area contributed by atoms with Gasteiger partial charge in [0.1, 0.15) is 0 Å². The largest absolute Gasteiger partial charge is 0.459 e. The van der Waals surface area contributed by atoms with Gasteiger partial charge in [0.2, 0.25) is 0 Å². The fraction of sp³-hybridized carbons (Fsp3) is 0.417. The minimum absolute atomic E-state index is 0.0949. The van der Waals surface area contributed by atoms with Gasteiger partial charge in [-0.25, -0.2) is 0 Å². The summed E-state index contributed by atoms with van der Waals surface area (Å²) in [6.45, 7) is 1.19. The molecule has 2 N–H and O–H groups in total. The van der Waals surface area contributed by atoms with Gasteiger partial charge in [-0.15, -0.1) is 0 Å². The van der Waals surface area contributed by atoms with E-state index in [2.05, 4.69) is 10.6 Å². The third-order valence-corrected chi connectivity index (χ3v) is 3.33. The summed E-state index contributed by atoms with van der Waals surface area (Å²) >= 11 is 5.13. The number of thiocarbonyl (C=S) groups is 1. The van der Waals surface area contributed by atoms with E-state index in [1.165, 1.54) is 12.3 Å². The molecule has 0 radical (unpaired) electrons. The van der Waals surface area contributed by atoms with Crippen LogP contribution < -0.4 is 10.6 Å². The van der Waals surface area contributed by atoms with E-state index >= 15 is 0 Å². The maximum Gasteiger partial charge on any atom is 0.287 e. The summed E-state index contributed by atoms with van der Waals surface area (Å²) in [4.78, 5) is 23.8. The highest BCUT2D eigenvalue weighted by atomic mass is 32.1. The molecule has 2 amide bonds. The Hall–Kier alpha value is -2.09. The van der Waals surface area contributed by atoms with Crippen LogP contribution in [0.5, 0.6) is 0 Å². The van der Waals surface area contributed by atoms with E-state index in [9.17, 15) is 9.59 Å². The molecule has 1 aliphatic rings. The van der Waals surface area contributed by atoms with Crippen molar-refractivity contribution in [1.82, 2.24) is 20.7 Å². The first-order valence-corrected chi connectivity index (χ1v) is 6.65. The molecule has 1 aliphatic heterocycles. The summed E-state index contributed by atoms with van der Waals surface area (Å²) in [5, 5.41) is 9.11. The number of hydrogen-bond acceptors (Lipinski definition) is 4. The highest BCUT2D eigenvalue weighted by molar-refractivity contribution is 7.80. The van der Waals surface area contributed by atoms with Crippen LogP contribution in [0.2, 0.25) is 0 Å². The molecule has 0 spiro atoms. The third kappa shape index (κ3) is 3.08. The lowest BCUT2D eigenvalue weighted by molar-refractivity contribution is -0.137. The number of hydrogen-bond donors (Lipinski definition) is 2. The fourth-order valence-electron chi connectivity index (χ4n) is 1.95. The Balaban J connectivity index is 1.88. The molecule has 8 heteroatoms. The summed E-state index contributed by atoms with van der Waals surface area (Å²) < 4.78 is 4.95. The summed E-state index contributed by atoms with van der Waals surface area (Å²) in [7, 11) is 1.71. The molecule has 0 atom stereocenters. The summed E-state index contributed by atoms with van der Waals surface area (Å²) in [6, 6.07) is 3.16. The Morgan fingerprint density at radius 3 is 2.80 bits per heavy atom. The lowest BCUT2D eigenvalue weighted by Crippen LogP contribution is -2.50. The molecule has 20 heavy (non-hydrogen) atoms. The van der Waals surface area contributed by atoms with Gasteiger partial charge in [0.25, 0.3) is 11.8 Å². The zero-order chi connectivity index (χ0) is 14.5. The van der Waals surface area contributed by atoms with Gasteiger partial charge >= 0.3 is 0 Å². The second-order valence-corrected chi connectivity index (χ2v) is 4.60. The summed E-state index contributed by atoms with van der Waals surface area (Å²) in [5.41, 5.74) is 0. The van der Waals surface area contributed by atoms with Crippen LogP contribution in [0.4, 0.5) is 0 Å². The van der Waals surface area contributed by atoms with Gasteiger partial charge in [0.05, 0.1) is 12.8 Å². The third-order valence-electron chi connectivity index (χ3n) is 2.91. The molecule has 1 aromatic heterocycles. The zero-order valence-corrected chi connectivity index (χ0v) is 11.9. The van der Waals surface area contributed by atoms with Gasteiger partial charge in [0.15, 0.2) is 10.9 Å². The van der Waals surface area contributed by atoms with Crippen molar-refractivity contribution in [1.29, 1.82) is 0 Å². The number of carbonyl (C=O) groups is 2. The molecule has 1 fully saturated rings. The standard InChI is InChI=1S/C12H16N4O3S/c1-13-12(20)16-6-3-5-15(16)10(17)8-14-11(18)9-4-2-7-19-9/h2,4,7H,3,5-6,8H2,1H3,(H,13,20)(H,14,18). The quantitative estimate of drug-likeness (QED) is 0.762. The highest BCUT2D eigenvalue weighted by Gasteiger charge is 2.28. The Labute approximate surface area is 121 Å². The number of carbonyl (C=O) groups excluding carboxylic acids is 2. The topological polar surface area (TPSA) is 77.8 Å². The molecular formula is C12H16N4O3S. The van der Waals surface area contributed by atoms with E-state index in [0.29, 0.717) is 18.2 Å². The van der Waals surface area contributed by atoms with Gasteiger partial charge in [-0.2, -0.15) is 0 Å². The number of amides is 2. The smallest absolute Gasteiger partial charge is 0.287 e. The minimum atomic E-state index is -0.412. The van der Waals surface area contributed by atoms with Gasteiger partial charge in [-0.05, 0) is 30.8 Å². The molecule has 108 valence electrons. The minimum Gasteiger partial charge on any atom is -0.459 e. The van der Waals surface area contributed by atoms with E-state index in [4.69, 9.17) is 16.6 Å². The van der Waals surface area contributed by atoms with Crippen LogP contribution in [0.25, 0.3) is 0 Å². The lowest BCUT2D eigenvalue weighted by atomic mass is 10.4. The molecule has 1 aromatic rings. The maximum atomic E-state index is 12.1. The van der Waals surface area contributed by atoms with Crippen LogP contribution in [-0.2, 0) is 4.79 Å². The predicted molar refractivity (Wildman–Crippen MR) is 75.7 cm³/mol. The monoisotopic (exact) mass is 296 g/mol. The molecule has 2 heterocycles. The number of rotatable bonds is 3.